The number of para-hydroxylation sites is 1. The average Bonchev–Trinajstić information content (AvgIpc) is 2.69. The number of anilines is 1. The van der Waals surface area contributed by atoms with E-state index >= 15 is 0 Å². The molecule has 29 heavy (non-hydrogen) atoms. The summed E-state index contributed by atoms with van der Waals surface area (Å²) in [5, 5.41) is 9.46. The lowest BCUT2D eigenvalue weighted by Gasteiger charge is -2.10. The predicted octanol–water partition coefficient (Wildman–Crippen LogP) is 2.60. The lowest BCUT2D eigenvalue weighted by atomic mass is 10.2. The molecule has 2 aromatic carbocycles. The Labute approximate surface area is 177 Å². The lowest BCUT2D eigenvalue weighted by Crippen LogP contribution is -2.37. The van der Waals surface area contributed by atoms with Gasteiger partial charge in [-0.05, 0) is 37.3 Å². The predicted molar refractivity (Wildman–Crippen MR) is 111 cm³/mol. The van der Waals surface area contributed by atoms with Crippen molar-refractivity contribution < 1.29 is 19.1 Å². The second-order valence-electron chi connectivity index (χ2n) is 5.56. The van der Waals surface area contributed by atoms with Crippen molar-refractivity contribution in [2.45, 2.75) is 6.92 Å². The largest absolute Gasteiger partial charge is 0.483 e. The van der Waals surface area contributed by atoms with Crippen LogP contribution in [0.2, 0.25) is 10.0 Å². The molecule has 0 saturated carbocycles. The van der Waals surface area contributed by atoms with Crippen molar-refractivity contribution in [1.29, 1.82) is 0 Å². The summed E-state index contributed by atoms with van der Waals surface area (Å²) in [6.07, 6.45) is 1.31. The van der Waals surface area contributed by atoms with Crippen molar-refractivity contribution in [2.75, 3.05) is 18.5 Å². The number of halogens is 2. The first-order valence-electron chi connectivity index (χ1n) is 8.48. The Balaban J connectivity index is 1.94. The van der Waals surface area contributed by atoms with Crippen molar-refractivity contribution in [3.63, 3.8) is 0 Å². The van der Waals surface area contributed by atoms with Crippen molar-refractivity contribution >= 4 is 52.8 Å². The molecule has 0 spiro atoms. The highest BCUT2D eigenvalue weighted by Gasteiger charge is 2.11. The minimum atomic E-state index is -0.888. The molecule has 0 bridgehead atoms. The van der Waals surface area contributed by atoms with Gasteiger partial charge in [-0.15, -0.1) is 0 Å². The normalized spacial score (nSPS) is 10.4. The van der Waals surface area contributed by atoms with Gasteiger partial charge in [0.1, 0.15) is 5.75 Å². The van der Waals surface area contributed by atoms with Crippen molar-refractivity contribution in [2.24, 2.45) is 5.10 Å². The summed E-state index contributed by atoms with van der Waals surface area (Å²) in [5.41, 5.74) is 3.02. The molecule has 0 aliphatic heterocycles. The number of carbonyl (C=O) groups excluding carboxylic acids is 3. The van der Waals surface area contributed by atoms with Gasteiger partial charge in [0.05, 0.1) is 16.9 Å². The van der Waals surface area contributed by atoms with Crippen LogP contribution in [0.1, 0.15) is 12.5 Å². The molecule has 152 valence electrons. The summed E-state index contributed by atoms with van der Waals surface area (Å²) in [4.78, 5) is 35.0. The zero-order valence-corrected chi connectivity index (χ0v) is 16.9. The number of rotatable bonds is 7. The molecule has 8 nitrogen and oxygen atoms in total. The van der Waals surface area contributed by atoms with Gasteiger partial charge in [-0.2, -0.15) is 5.10 Å². The number of nitrogens with one attached hydrogen (secondary N) is 3. The third kappa shape index (κ3) is 7.10. The maximum Gasteiger partial charge on any atom is 0.329 e. The molecule has 0 aliphatic rings. The highest BCUT2D eigenvalue weighted by Crippen LogP contribution is 2.25. The number of carbonyl (C=O) groups is 3. The van der Waals surface area contributed by atoms with Gasteiger partial charge in [0, 0.05) is 17.1 Å². The zero-order valence-electron chi connectivity index (χ0n) is 15.4. The van der Waals surface area contributed by atoms with Gasteiger partial charge in [-0.3, -0.25) is 14.4 Å². The molecule has 0 saturated heterocycles. The van der Waals surface area contributed by atoms with E-state index in [2.05, 4.69) is 21.2 Å². The Morgan fingerprint density at radius 2 is 1.86 bits per heavy atom. The highest BCUT2D eigenvalue weighted by atomic mass is 35.5. The molecule has 2 aromatic rings. The van der Waals surface area contributed by atoms with Crippen molar-refractivity contribution in [1.82, 2.24) is 10.7 Å². The fraction of sp³-hybridized carbons (Fsp3) is 0.158. The summed E-state index contributed by atoms with van der Waals surface area (Å²) in [6, 6.07) is 11.5. The summed E-state index contributed by atoms with van der Waals surface area (Å²) < 4.78 is 5.51. The Bertz CT molecular complexity index is 934. The number of hydrogen-bond acceptors (Lipinski definition) is 5. The van der Waals surface area contributed by atoms with Gasteiger partial charge in [0.25, 0.3) is 5.91 Å². The van der Waals surface area contributed by atoms with E-state index in [1.807, 2.05) is 0 Å². The Morgan fingerprint density at radius 1 is 1.10 bits per heavy atom. The van der Waals surface area contributed by atoms with Crippen molar-refractivity contribution in [3.05, 3.63) is 58.1 Å². The SMILES string of the molecule is CCNC(=O)C(=O)N/N=C\c1ccccc1OCC(=O)Nc1ccc(Cl)cc1Cl. The minimum Gasteiger partial charge on any atom is -0.483 e. The van der Waals surface area contributed by atoms with Gasteiger partial charge in [-0.25, -0.2) is 5.43 Å². The first-order chi connectivity index (χ1) is 13.9. The Kier molecular flexibility index (Phi) is 8.45. The molecule has 0 atom stereocenters. The van der Waals surface area contributed by atoms with Crippen LogP contribution in [0.25, 0.3) is 0 Å². The number of amides is 3. The van der Waals surface area contributed by atoms with Crippen LogP contribution in [0.5, 0.6) is 5.75 Å². The number of hydrazone groups is 1. The van der Waals surface area contributed by atoms with E-state index in [1.54, 1.807) is 43.3 Å². The molecule has 3 N–H and O–H groups in total. The molecule has 10 heteroatoms. The van der Waals surface area contributed by atoms with Crippen molar-refractivity contribution in [3.8, 4) is 5.75 Å². The van der Waals surface area contributed by atoms with E-state index in [9.17, 15) is 14.4 Å². The molecule has 2 rings (SSSR count). The standard InChI is InChI=1S/C19H18Cl2N4O4/c1-2-22-18(27)19(28)25-23-10-12-5-3-4-6-16(12)29-11-17(26)24-15-8-7-13(20)9-14(15)21/h3-10H,2,11H2,1H3,(H,22,27)(H,24,26)(H,25,28)/b23-10-. The molecule has 0 heterocycles. The molecule has 3 amide bonds. The Morgan fingerprint density at radius 3 is 2.59 bits per heavy atom. The number of ether oxygens (including phenoxy) is 1. The summed E-state index contributed by atoms with van der Waals surface area (Å²) in [6.45, 7) is 1.74. The van der Waals surface area contributed by atoms with Gasteiger partial charge < -0.3 is 15.4 Å². The third-order valence-corrected chi connectivity index (χ3v) is 3.94. The summed E-state index contributed by atoms with van der Waals surface area (Å²) in [5.74, 6) is -1.74. The third-order valence-electron chi connectivity index (χ3n) is 3.40. The van der Waals surface area contributed by atoms with E-state index in [-0.39, 0.29) is 6.61 Å². The fourth-order valence-corrected chi connectivity index (χ4v) is 2.55. The molecule has 0 unspecified atom stereocenters. The lowest BCUT2D eigenvalue weighted by molar-refractivity contribution is -0.139. The molecule has 0 radical (unpaired) electrons. The maximum atomic E-state index is 12.1. The van der Waals surface area contributed by atoms with E-state index in [0.29, 0.717) is 33.6 Å². The van der Waals surface area contributed by atoms with E-state index in [1.165, 1.54) is 12.3 Å². The van der Waals surface area contributed by atoms with Gasteiger partial charge >= 0.3 is 11.8 Å². The number of hydrogen-bond donors (Lipinski definition) is 3. The monoisotopic (exact) mass is 436 g/mol. The van der Waals surface area contributed by atoms with E-state index in [0.717, 1.165) is 0 Å². The van der Waals surface area contributed by atoms with Crippen LogP contribution < -0.4 is 20.8 Å². The molecule has 0 aromatic heterocycles. The van der Waals surface area contributed by atoms with Crippen LogP contribution >= 0.6 is 23.2 Å². The maximum absolute atomic E-state index is 12.1. The first-order valence-corrected chi connectivity index (χ1v) is 9.24. The topological polar surface area (TPSA) is 109 Å². The van der Waals surface area contributed by atoms with Crippen LogP contribution in [0, 0.1) is 0 Å². The number of benzene rings is 2. The van der Waals surface area contributed by atoms with E-state index in [4.69, 9.17) is 27.9 Å². The number of likely N-dealkylation sites (N-methyl/N-ethyl adjacent to an activating group) is 1. The molecule has 0 fully saturated rings. The Hall–Kier alpha value is -3.10. The van der Waals surface area contributed by atoms with Crippen LogP contribution in [0.4, 0.5) is 5.69 Å². The first kappa shape index (κ1) is 22.2. The van der Waals surface area contributed by atoms with Crippen LogP contribution in [0.15, 0.2) is 47.6 Å². The van der Waals surface area contributed by atoms with Crippen LogP contribution in [-0.2, 0) is 14.4 Å². The highest BCUT2D eigenvalue weighted by molar-refractivity contribution is 6.36. The molecular formula is C19H18Cl2N4O4. The van der Waals surface area contributed by atoms with Gasteiger partial charge in [-0.1, -0.05) is 35.3 Å². The minimum absolute atomic E-state index is 0.283. The van der Waals surface area contributed by atoms with E-state index < -0.39 is 17.7 Å². The molecule has 0 aliphatic carbocycles. The fourth-order valence-electron chi connectivity index (χ4n) is 2.09. The summed E-state index contributed by atoms with van der Waals surface area (Å²) in [7, 11) is 0. The van der Waals surface area contributed by atoms with Crippen LogP contribution in [0.3, 0.4) is 0 Å². The second-order valence-corrected chi connectivity index (χ2v) is 6.40. The second kappa shape index (κ2) is 11.0. The quantitative estimate of drug-likeness (QED) is 0.352. The summed E-state index contributed by atoms with van der Waals surface area (Å²) >= 11 is 11.8. The smallest absolute Gasteiger partial charge is 0.329 e. The average molecular weight is 437 g/mol. The molecular weight excluding hydrogens is 419 g/mol. The van der Waals surface area contributed by atoms with Gasteiger partial charge in [0.2, 0.25) is 0 Å². The van der Waals surface area contributed by atoms with Gasteiger partial charge in [0.15, 0.2) is 6.61 Å². The number of nitrogens with zero attached hydrogens (tertiary/aromatic N) is 1. The van der Waals surface area contributed by atoms with Crippen LogP contribution in [-0.4, -0.2) is 37.1 Å². The zero-order chi connectivity index (χ0) is 21.2.